The molecular formula is C27H27NO4. The number of nitrogens with one attached hydrogen (secondary N) is 1. The van der Waals surface area contributed by atoms with Crippen LogP contribution in [0.15, 0.2) is 72.8 Å². The van der Waals surface area contributed by atoms with Crippen molar-refractivity contribution in [3.63, 3.8) is 0 Å². The van der Waals surface area contributed by atoms with Crippen LogP contribution in [0, 0.1) is 17.8 Å². The van der Waals surface area contributed by atoms with Crippen LogP contribution in [0.2, 0.25) is 0 Å². The second kappa shape index (κ2) is 8.30. The number of carboxylic acids is 1. The molecule has 0 heterocycles. The summed E-state index contributed by atoms with van der Waals surface area (Å²) in [6, 6.07) is 14.8. The molecule has 2 aromatic carbocycles. The van der Waals surface area contributed by atoms with E-state index in [1.54, 1.807) is 12.1 Å². The van der Waals surface area contributed by atoms with Crippen LogP contribution < -0.4 is 10.1 Å². The van der Waals surface area contributed by atoms with E-state index < -0.39 is 5.97 Å². The van der Waals surface area contributed by atoms with Gasteiger partial charge in [-0.3, -0.25) is 9.59 Å². The molecule has 3 unspecified atom stereocenters. The Morgan fingerprint density at radius 1 is 1.03 bits per heavy atom. The average molecular weight is 430 g/mol. The van der Waals surface area contributed by atoms with E-state index in [-0.39, 0.29) is 17.9 Å². The van der Waals surface area contributed by atoms with E-state index in [0.29, 0.717) is 41.2 Å². The predicted octanol–water partition coefficient (Wildman–Crippen LogP) is 5.14. The summed E-state index contributed by atoms with van der Waals surface area (Å²) in [6.07, 6.45) is 12.3. The molecule has 1 amide bonds. The number of fused-ring (bicyclic) bond motifs is 3. The van der Waals surface area contributed by atoms with Crippen LogP contribution in [-0.4, -0.2) is 22.5 Å². The molecule has 3 aliphatic carbocycles. The largest absolute Gasteiger partial charge is 0.481 e. The number of aliphatic carboxylic acids is 1. The molecular weight excluding hydrogens is 402 g/mol. The molecule has 164 valence electrons. The first-order valence-corrected chi connectivity index (χ1v) is 11.3. The van der Waals surface area contributed by atoms with E-state index in [2.05, 4.69) is 29.6 Å². The second-order valence-electron chi connectivity index (χ2n) is 9.06. The highest BCUT2D eigenvalue weighted by atomic mass is 16.5. The minimum Gasteiger partial charge on any atom is -0.481 e. The number of carbonyl (C=O) groups excluding carboxylic acids is 1. The van der Waals surface area contributed by atoms with E-state index in [0.717, 1.165) is 24.8 Å². The highest BCUT2D eigenvalue weighted by Gasteiger charge is 2.62. The van der Waals surface area contributed by atoms with Gasteiger partial charge in [-0.05, 0) is 67.3 Å². The normalized spacial score (nSPS) is 27.2. The molecule has 0 aliphatic heterocycles. The topological polar surface area (TPSA) is 75.6 Å². The molecule has 2 aromatic rings. The van der Waals surface area contributed by atoms with Crippen molar-refractivity contribution in [2.45, 2.75) is 37.6 Å². The van der Waals surface area contributed by atoms with Crippen molar-refractivity contribution >= 4 is 11.9 Å². The standard InChI is InChI=1S/C27H27NO4/c29-25(30)15-12-18-11-14-22(32-21-7-2-1-3-8-21)16-23(18)26(31)28-27-17-20(27)13-10-19-6-4-5-9-24(19)27/h1-9,11,14,16,19-20,24H,10,12-13,15,17H2,(H,28,31)(H,29,30)/t19?,20?,24?,27-/m0/s1. The number of allylic oxidation sites excluding steroid dienone is 3. The van der Waals surface area contributed by atoms with Crippen molar-refractivity contribution in [2.24, 2.45) is 17.8 Å². The number of ether oxygens (including phenoxy) is 1. The van der Waals surface area contributed by atoms with Gasteiger partial charge in [-0.2, -0.15) is 0 Å². The maximum atomic E-state index is 13.5. The highest BCUT2D eigenvalue weighted by molar-refractivity contribution is 5.97. The summed E-state index contributed by atoms with van der Waals surface area (Å²) in [4.78, 5) is 24.7. The first-order chi connectivity index (χ1) is 15.5. The van der Waals surface area contributed by atoms with Crippen LogP contribution in [0.5, 0.6) is 11.5 Å². The fourth-order valence-electron chi connectivity index (χ4n) is 5.42. The number of rotatable bonds is 7. The number of hydrogen-bond acceptors (Lipinski definition) is 3. The van der Waals surface area contributed by atoms with Crippen LogP contribution >= 0.6 is 0 Å². The van der Waals surface area contributed by atoms with Gasteiger partial charge in [0.1, 0.15) is 11.5 Å². The first kappa shape index (κ1) is 20.6. The van der Waals surface area contributed by atoms with Gasteiger partial charge in [0.25, 0.3) is 5.91 Å². The Balaban J connectivity index is 1.41. The zero-order valence-corrected chi connectivity index (χ0v) is 17.9. The molecule has 3 aliphatic rings. The van der Waals surface area contributed by atoms with Crippen molar-refractivity contribution in [2.75, 3.05) is 0 Å². The Morgan fingerprint density at radius 2 is 1.84 bits per heavy atom. The molecule has 0 spiro atoms. The number of aryl methyl sites for hydroxylation is 1. The molecule has 2 fully saturated rings. The number of benzene rings is 2. The fourth-order valence-corrected chi connectivity index (χ4v) is 5.42. The lowest BCUT2D eigenvalue weighted by Crippen LogP contribution is -2.48. The molecule has 0 radical (unpaired) electrons. The summed E-state index contributed by atoms with van der Waals surface area (Å²) in [7, 11) is 0. The maximum absolute atomic E-state index is 13.5. The van der Waals surface area contributed by atoms with Gasteiger partial charge in [0.05, 0.1) is 5.54 Å². The lowest BCUT2D eigenvalue weighted by atomic mass is 9.73. The SMILES string of the molecule is O=C(O)CCc1ccc(Oc2ccccc2)cc1C(=O)N[C@@]12CC1CCC1C=CC=CC12. The third-order valence-electron chi connectivity index (χ3n) is 7.10. The van der Waals surface area contributed by atoms with Crippen molar-refractivity contribution in [3.05, 3.63) is 84.0 Å². The number of carbonyl (C=O) groups is 2. The summed E-state index contributed by atoms with van der Waals surface area (Å²) in [5, 5.41) is 12.5. The molecule has 0 aromatic heterocycles. The third kappa shape index (κ3) is 3.95. The van der Waals surface area contributed by atoms with Gasteiger partial charge in [-0.25, -0.2) is 0 Å². The summed E-state index contributed by atoms with van der Waals surface area (Å²) >= 11 is 0. The zero-order chi connectivity index (χ0) is 22.1. The van der Waals surface area contributed by atoms with Crippen LogP contribution in [-0.2, 0) is 11.2 Å². The fraction of sp³-hybridized carbons (Fsp3) is 0.333. The van der Waals surface area contributed by atoms with Crippen molar-refractivity contribution in [1.29, 1.82) is 0 Å². The van der Waals surface area contributed by atoms with E-state index in [1.165, 1.54) is 0 Å². The Morgan fingerprint density at radius 3 is 2.66 bits per heavy atom. The zero-order valence-electron chi connectivity index (χ0n) is 17.9. The Labute approximate surface area is 187 Å². The Hall–Kier alpha value is -3.34. The number of para-hydroxylation sites is 1. The highest BCUT2D eigenvalue weighted by Crippen LogP contribution is 2.59. The lowest BCUT2D eigenvalue weighted by Gasteiger charge is -2.37. The second-order valence-corrected chi connectivity index (χ2v) is 9.06. The monoisotopic (exact) mass is 429 g/mol. The van der Waals surface area contributed by atoms with Crippen LogP contribution in [0.4, 0.5) is 0 Å². The van der Waals surface area contributed by atoms with E-state index in [9.17, 15) is 9.59 Å². The molecule has 2 saturated carbocycles. The summed E-state index contributed by atoms with van der Waals surface area (Å²) in [5.41, 5.74) is 1.03. The molecule has 5 heteroatoms. The minimum absolute atomic E-state index is 0.0227. The molecule has 5 rings (SSSR count). The quantitative estimate of drug-likeness (QED) is 0.639. The molecule has 5 nitrogen and oxygen atoms in total. The molecule has 0 bridgehead atoms. The smallest absolute Gasteiger partial charge is 0.303 e. The molecule has 4 atom stereocenters. The van der Waals surface area contributed by atoms with Crippen LogP contribution in [0.1, 0.15) is 41.6 Å². The predicted molar refractivity (Wildman–Crippen MR) is 122 cm³/mol. The van der Waals surface area contributed by atoms with E-state index >= 15 is 0 Å². The Kier molecular flexibility index (Phi) is 5.33. The third-order valence-corrected chi connectivity index (χ3v) is 7.10. The van der Waals surface area contributed by atoms with Crippen molar-refractivity contribution in [3.8, 4) is 11.5 Å². The molecule has 0 saturated heterocycles. The molecule has 2 N–H and O–H groups in total. The van der Waals surface area contributed by atoms with E-state index in [1.807, 2.05) is 36.4 Å². The number of carboxylic acid groups (broad SMARTS) is 1. The van der Waals surface area contributed by atoms with Gasteiger partial charge >= 0.3 is 5.97 Å². The maximum Gasteiger partial charge on any atom is 0.303 e. The van der Waals surface area contributed by atoms with Gasteiger partial charge in [0.2, 0.25) is 0 Å². The van der Waals surface area contributed by atoms with Gasteiger partial charge in [0.15, 0.2) is 0 Å². The summed E-state index contributed by atoms with van der Waals surface area (Å²) in [5.74, 6) is 1.53. The Bertz CT molecular complexity index is 1090. The summed E-state index contributed by atoms with van der Waals surface area (Å²) in [6.45, 7) is 0. The molecule has 32 heavy (non-hydrogen) atoms. The minimum atomic E-state index is -0.879. The van der Waals surface area contributed by atoms with Gasteiger partial charge in [-0.1, -0.05) is 48.6 Å². The van der Waals surface area contributed by atoms with Gasteiger partial charge in [-0.15, -0.1) is 0 Å². The van der Waals surface area contributed by atoms with Crippen molar-refractivity contribution in [1.82, 2.24) is 5.32 Å². The lowest BCUT2D eigenvalue weighted by molar-refractivity contribution is -0.136. The summed E-state index contributed by atoms with van der Waals surface area (Å²) < 4.78 is 5.94. The van der Waals surface area contributed by atoms with Crippen molar-refractivity contribution < 1.29 is 19.4 Å². The number of hydrogen-bond donors (Lipinski definition) is 2. The first-order valence-electron chi connectivity index (χ1n) is 11.3. The van der Waals surface area contributed by atoms with Crippen LogP contribution in [0.25, 0.3) is 0 Å². The van der Waals surface area contributed by atoms with Gasteiger partial charge in [0, 0.05) is 17.9 Å². The van der Waals surface area contributed by atoms with Gasteiger partial charge < -0.3 is 15.2 Å². The van der Waals surface area contributed by atoms with Crippen LogP contribution in [0.3, 0.4) is 0 Å². The van der Waals surface area contributed by atoms with E-state index in [4.69, 9.17) is 9.84 Å². The average Bonchev–Trinajstić information content (AvgIpc) is 3.53. The number of amides is 1.